The molecule has 384 valence electrons. The third kappa shape index (κ3) is 29.6. The van der Waals surface area contributed by atoms with Crippen molar-refractivity contribution in [1.29, 1.82) is 0 Å². The van der Waals surface area contributed by atoms with Crippen LogP contribution < -0.4 is 37.7 Å². The van der Waals surface area contributed by atoms with E-state index in [1.54, 1.807) is 0 Å². The number of hydrogen-bond acceptors (Lipinski definition) is 0. The van der Waals surface area contributed by atoms with Crippen molar-refractivity contribution in [3.63, 3.8) is 0 Å². The molecule has 0 fully saturated rings. The molecule has 6 rings (SSSR count). The van der Waals surface area contributed by atoms with Gasteiger partial charge in [-0.05, 0) is 65.9 Å². The summed E-state index contributed by atoms with van der Waals surface area (Å²) in [6.45, 7) is 35.9. The van der Waals surface area contributed by atoms with Crippen LogP contribution in [-0.2, 0) is 0 Å². The van der Waals surface area contributed by atoms with E-state index in [0.29, 0.717) is 34.3 Å². The zero-order valence-electron chi connectivity index (χ0n) is 49.5. The van der Waals surface area contributed by atoms with Crippen molar-refractivity contribution in [2.45, 2.75) is 125 Å². The van der Waals surface area contributed by atoms with Gasteiger partial charge in [0.25, 0.3) is 0 Å². The summed E-state index contributed by atoms with van der Waals surface area (Å²) < 4.78 is 0. The summed E-state index contributed by atoms with van der Waals surface area (Å²) in [6.07, 6.45) is 0. The van der Waals surface area contributed by atoms with Gasteiger partial charge in [0.1, 0.15) is 0 Å². The molecule has 0 amide bonds. The molecule has 0 N–H and O–H groups in total. The van der Waals surface area contributed by atoms with Crippen LogP contribution in [0.25, 0.3) is 32.5 Å². The molecule has 0 aromatic heterocycles. The number of nitrogens with zero attached hydrogens (tertiary/aromatic N) is 6. The summed E-state index contributed by atoms with van der Waals surface area (Å²) in [6, 6.07) is 57.8. The molecule has 6 aromatic carbocycles. The topological polar surface area (TPSA) is 134 Å². The Labute approximate surface area is 503 Å². The van der Waals surface area contributed by atoms with E-state index in [1.165, 1.54) is 0 Å². The second kappa shape index (κ2) is 34.4. The quantitative estimate of drug-likeness (QED) is 0.116. The minimum Gasteiger partial charge on any atom is -0.807 e. The van der Waals surface area contributed by atoms with Gasteiger partial charge in [0, 0.05) is 0 Å². The van der Waals surface area contributed by atoms with Crippen molar-refractivity contribution >= 4 is 34.3 Å². The van der Waals surface area contributed by atoms with Gasteiger partial charge in [0.05, 0.1) is 0 Å². The predicted molar refractivity (Wildman–Crippen MR) is 320 cm³/mol. The van der Waals surface area contributed by atoms with Crippen molar-refractivity contribution in [1.82, 2.24) is 0 Å². The van der Waals surface area contributed by atoms with E-state index in [9.17, 15) is 32.5 Å². The third-order valence-corrected chi connectivity index (χ3v) is 10.5. The van der Waals surface area contributed by atoms with Crippen LogP contribution in [0.4, 0.5) is 0 Å². The molecule has 6 aromatic rings. The number of hydrogen-bond donors (Lipinski definition) is 0. The van der Waals surface area contributed by atoms with Crippen LogP contribution in [0, 0.1) is 63.6 Å². The third-order valence-electron chi connectivity index (χ3n) is 10.5. The van der Waals surface area contributed by atoms with Crippen LogP contribution >= 0.6 is 0 Å². The van der Waals surface area contributed by atoms with Crippen LogP contribution in [0.15, 0.2) is 182 Å². The molecule has 0 unspecified atom stereocenters. The summed E-state index contributed by atoms with van der Waals surface area (Å²) in [5.41, 5.74) is 7.14. The predicted octanol–water partition coefficient (Wildman–Crippen LogP) is 12.6. The van der Waals surface area contributed by atoms with E-state index in [2.05, 4.69) is 0 Å². The van der Waals surface area contributed by atoms with Crippen molar-refractivity contribution in [3.05, 3.63) is 248 Å². The van der Waals surface area contributed by atoms with E-state index in [4.69, 9.17) is 0 Å². The molecule has 0 aliphatic rings. The molecule has 0 saturated heterocycles. The zero-order valence-corrected chi connectivity index (χ0v) is 53.7. The summed E-state index contributed by atoms with van der Waals surface area (Å²) in [5.74, 6) is 0. The first-order valence-corrected chi connectivity index (χ1v) is 24.8. The van der Waals surface area contributed by atoms with Gasteiger partial charge in [-0.15, -0.1) is 0 Å². The van der Waals surface area contributed by atoms with Gasteiger partial charge in [0.2, 0.25) is 0 Å². The van der Waals surface area contributed by atoms with Crippen LogP contribution in [0.2, 0.25) is 0 Å². The van der Waals surface area contributed by atoms with Crippen molar-refractivity contribution in [2.24, 2.45) is 32.5 Å². The van der Waals surface area contributed by atoms with Crippen LogP contribution in [0.3, 0.4) is 0 Å². The molecule has 0 heterocycles. The van der Waals surface area contributed by atoms with Crippen molar-refractivity contribution in [2.75, 3.05) is 0 Å². The number of benzene rings is 6. The first-order valence-electron chi connectivity index (χ1n) is 24.8. The molecule has 6 nitrogen and oxygen atoms in total. The molecular formula is C66H84Li2N6U. The Bertz CT molecular complexity index is 2100. The van der Waals surface area contributed by atoms with Crippen molar-refractivity contribution in [3.8, 4) is 0 Å². The van der Waals surface area contributed by atoms with Gasteiger partial charge >= 0.3 is 68.8 Å². The molecule has 75 heavy (non-hydrogen) atoms. The second-order valence-corrected chi connectivity index (χ2v) is 23.8. The Morgan fingerprint density at radius 1 is 0.200 bits per heavy atom. The Morgan fingerprint density at radius 2 is 0.280 bits per heavy atom. The van der Waals surface area contributed by atoms with Crippen LogP contribution in [-0.4, -0.2) is 34.3 Å². The van der Waals surface area contributed by atoms with E-state index < -0.39 is 0 Å². The van der Waals surface area contributed by atoms with Gasteiger partial charge in [-0.1, -0.05) is 307 Å². The molecule has 0 saturated carbocycles. The van der Waals surface area contributed by atoms with E-state index in [0.717, 1.165) is 33.4 Å². The largest absolute Gasteiger partial charge is 4.00 e. The first-order chi connectivity index (χ1) is 33.1. The smallest absolute Gasteiger partial charge is 0.807 e. The fourth-order valence-electron chi connectivity index (χ4n) is 6.17. The molecule has 0 radical (unpaired) electrons. The minimum atomic E-state index is -0.165. The fraction of sp³-hybridized carbons (Fsp3) is 0.364. The second-order valence-electron chi connectivity index (χ2n) is 23.8. The van der Waals surface area contributed by atoms with Gasteiger partial charge in [-0.3, -0.25) is 0 Å². The van der Waals surface area contributed by atoms with Crippen molar-refractivity contribution < 1.29 is 68.8 Å². The Hall–Kier alpha value is -4.41. The van der Waals surface area contributed by atoms with E-state index in [1.807, 2.05) is 307 Å². The average molecular weight is 1210 g/mol. The SMILES string of the molecule is CC(C)(C)C(=[N-])c1ccccc1.CC(C)(C)C(=[N-])c1ccccc1.CC(C)(C)C(=[N-])c1ccccc1.CC(C)(C)C(=[N-])c1ccccc1.CC(C)(C)C(=[N-])c1ccccc1.CC(C)(C)C(=[N-])c1ccccc1.[Li+].[Li+].[U+4]. The molecule has 0 bridgehead atoms. The molecule has 0 spiro atoms. The van der Waals surface area contributed by atoms with E-state index >= 15 is 0 Å². The molecule has 0 atom stereocenters. The number of rotatable bonds is 6. The Kier molecular flexibility index (Phi) is 34.3. The summed E-state index contributed by atoms with van der Waals surface area (Å²) in [5, 5.41) is 58.6. The van der Waals surface area contributed by atoms with Gasteiger partial charge < -0.3 is 32.5 Å². The standard InChI is InChI=1S/6C11H14N.2Li.U/c6*1-11(2,3)10(12)9-7-5-4-6-8-9;;;/h6*4-8H,1-3H3;;;/q6*-1;2*+1;+4. The fourth-order valence-corrected chi connectivity index (χ4v) is 6.17. The minimum absolute atomic E-state index is 0. The average Bonchev–Trinajstić information content (AvgIpc) is 3.33. The summed E-state index contributed by atoms with van der Waals surface area (Å²) in [7, 11) is 0. The Balaban J connectivity index is -0.000000823. The van der Waals surface area contributed by atoms with Gasteiger partial charge in [-0.25, -0.2) is 0 Å². The maximum absolute atomic E-state index is 9.77. The Morgan fingerprint density at radius 3 is 0.347 bits per heavy atom. The van der Waals surface area contributed by atoms with Crippen LogP contribution in [0.5, 0.6) is 0 Å². The van der Waals surface area contributed by atoms with E-state index in [-0.39, 0.29) is 101 Å². The molecule has 0 aliphatic carbocycles. The monoisotopic (exact) mass is 1210 g/mol. The maximum atomic E-state index is 9.77. The summed E-state index contributed by atoms with van der Waals surface area (Å²) >= 11 is 0. The summed E-state index contributed by atoms with van der Waals surface area (Å²) in [4.78, 5) is 0. The maximum Gasteiger partial charge on any atom is 4.00 e. The molecule has 0 aliphatic heterocycles. The van der Waals surface area contributed by atoms with Crippen LogP contribution in [0.1, 0.15) is 158 Å². The molecule has 9 heteroatoms. The van der Waals surface area contributed by atoms with Gasteiger partial charge in [0.15, 0.2) is 0 Å². The normalized spacial score (nSPS) is 10.8. The zero-order chi connectivity index (χ0) is 55.1. The molecular weight excluding hydrogens is 1130 g/mol. The van der Waals surface area contributed by atoms with Gasteiger partial charge in [-0.2, -0.15) is 34.3 Å². The first kappa shape index (κ1) is 74.8.